The lowest BCUT2D eigenvalue weighted by Crippen LogP contribution is -2.32. The first-order chi connectivity index (χ1) is 10.0. The van der Waals surface area contributed by atoms with Gasteiger partial charge in [-0.3, -0.25) is 4.79 Å². The monoisotopic (exact) mass is 291 g/mol. The highest BCUT2D eigenvalue weighted by molar-refractivity contribution is 5.97. The number of carbonyl (C=O) groups excluding carboxylic acids is 1. The standard InChI is InChI=1S/C16H21NO4/c1-4-12(5-2)15(18)17-14(16(19)20)10-11-6-8-13(21-3)9-7-11/h6-10,12H,4-5H2,1-3H3,(H,17,18)(H,19,20)/b14-10+. The van der Waals surface area contributed by atoms with Gasteiger partial charge >= 0.3 is 5.97 Å². The van der Waals surface area contributed by atoms with Crippen LogP contribution in [0.5, 0.6) is 5.75 Å². The smallest absolute Gasteiger partial charge is 0.352 e. The maximum absolute atomic E-state index is 12.0. The Balaban J connectivity index is 2.92. The molecule has 0 saturated carbocycles. The average molecular weight is 291 g/mol. The van der Waals surface area contributed by atoms with Crippen molar-refractivity contribution >= 4 is 18.0 Å². The third-order valence-electron chi connectivity index (χ3n) is 3.27. The SMILES string of the molecule is CCC(CC)C(=O)N/C(=C/c1ccc(OC)cc1)C(=O)O. The van der Waals surface area contributed by atoms with Crippen LogP contribution in [-0.4, -0.2) is 24.1 Å². The summed E-state index contributed by atoms with van der Waals surface area (Å²) in [5.41, 5.74) is 0.551. The molecule has 1 aromatic rings. The largest absolute Gasteiger partial charge is 0.497 e. The van der Waals surface area contributed by atoms with Crippen molar-refractivity contribution in [3.63, 3.8) is 0 Å². The van der Waals surface area contributed by atoms with E-state index in [1.807, 2.05) is 13.8 Å². The molecule has 0 atom stereocenters. The van der Waals surface area contributed by atoms with E-state index in [9.17, 15) is 14.7 Å². The molecule has 0 aliphatic carbocycles. The molecule has 0 radical (unpaired) electrons. The van der Waals surface area contributed by atoms with Crippen LogP contribution in [0.2, 0.25) is 0 Å². The lowest BCUT2D eigenvalue weighted by molar-refractivity contribution is -0.135. The highest BCUT2D eigenvalue weighted by Crippen LogP contribution is 2.14. The Kier molecular flexibility index (Phi) is 6.46. The van der Waals surface area contributed by atoms with Crippen molar-refractivity contribution in [2.45, 2.75) is 26.7 Å². The molecule has 1 aromatic carbocycles. The van der Waals surface area contributed by atoms with E-state index in [4.69, 9.17) is 4.74 Å². The number of rotatable bonds is 7. The van der Waals surface area contributed by atoms with Crippen LogP contribution in [0.25, 0.3) is 6.08 Å². The number of amides is 1. The van der Waals surface area contributed by atoms with Crippen molar-refractivity contribution < 1.29 is 19.4 Å². The molecule has 5 nitrogen and oxygen atoms in total. The Labute approximate surface area is 124 Å². The zero-order valence-electron chi connectivity index (χ0n) is 12.6. The van der Waals surface area contributed by atoms with Gasteiger partial charge in [-0.15, -0.1) is 0 Å². The second-order valence-corrected chi connectivity index (χ2v) is 4.64. The van der Waals surface area contributed by atoms with Crippen molar-refractivity contribution in [2.24, 2.45) is 5.92 Å². The minimum Gasteiger partial charge on any atom is -0.497 e. The Morgan fingerprint density at radius 2 is 1.81 bits per heavy atom. The zero-order chi connectivity index (χ0) is 15.8. The number of carboxylic acid groups (broad SMARTS) is 1. The summed E-state index contributed by atoms with van der Waals surface area (Å²) in [5, 5.41) is 11.7. The van der Waals surface area contributed by atoms with Gasteiger partial charge < -0.3 is 15.2 Å². The summed E-state index contributed by atoms with van der Waals surface area (Å²) < 4.78 is 5.04. The zero-order valence-corrected chi connectivity index (χ0v) is 12.6. The van der Waals surface area contributed by atoms with Gasteiger partial charge in [0.15, 0.2) is 0 Å². The van der Waals surface area contributed by atoms with E-state index in [0.717, 1.165) is 0 Å². The first-order valence-corrected chi connectivity index (χ1v) is 6.91. The average Bonchev–Trinajstić information content (AvgIpc) is 2.48. The number of nitrogens with one attached hydrogen (secondary N) is 1. The summed E-state index contributed by atoms with van der Waals surface area (Å²) in [5.74, 6) is -0.916. The Morgan fingerprint density at radius 3 is 2.24 bits per heavy atom. The summed E-state index contributed by atoms with van der Waals surface area (Å²) in [7, 11) is 1.56. The molecular formula is C16H21NO4. The summed E-state index contributed by atoms with van der Waals surface area (Å²) in [6.07, 6.45) is 2.79. The van der Waals surface area contributed by atoms with Crippen molar-refractivity contribution in [1.29, 1.82) is 0 Å². The van der Waals surface area contributed by atoms with E-state index in [0.29, 0.717) is 24.2 Å². The predicted molar refractivity (Wildman–Crippen MR) is 80.8 cm³/mol. The minimum absolute atomic E-state index is 0.128. The second-order valence-electron chi connectivity index (χ2n) is 4.64. The number of benzene rings is 1. The molecule has 114 valence electrons. The van der Waals surface area contributed by atoms with E-state index in [1.54, 1.807) is 31.4 Å². The van der Waals surface area contributed by atoms with Crippen LogP contribution < -0.4 is 10.1 Å². The molecule has 5 heteroatoms. The van der Waals surface area contributed by atoms with Gasteiger partial charge in [0, 0.05) is 5.92 Å². The highest BCUT2D eigenvalue weighted by Gasteiger charge is 2.18. The lowest BCUT2D eigenvalue weighted by Gasteiger charge is -2.13. The Hall–Kier alpha value is -2.30. The molecule has 0 bridgehead atoms. The van der Waals surface area contributed by atoms with Crippen LogP contribution in [0.15, 0.2) is 30.0 Å². The van der Waals surface area contributed by atoms with Gasteiger partial charge in [-0.2, -0.15) is 0 Å². The molecule has 2 N–H and O–H groups in total. The number of aliphatic carboxylic acids is 1. The number of hydrogen-bond acceptors (Lipinski definition) is 3. The van der Waals surface area contributed by atoms with E-state index in [2.05, 4.69) is 5.32 Å². The quantitative estimate of drug-likeness (QED) is 0.757. The topological polar surface area (TPSA) is 75.6 Å². The molecule has 0 heterocycles. The molecule has 1 amide bonds. The number of ether oxygens (including phenoxy) is 1. The molecule has 21 heavy (non-hydrogen) atoms. The van der Waals surface area contributed by atoms with Crippen molar-refractivity contribution in [2.75, 3.05) is 7.11 Å². The van der Waals surface area contributed by atoms with Crippen LogP contribution in [-0.2, 0) is 9.59 Å². The van der Waals surface area contributed by atoms with Gasteiger partial charge in [0.1, 0.15) is 11.4 Å². The summed E-state index contributed by atoms with van der Waals surface area (Å²) in [6, 6.07) is 6.91. The van der Waals surface area contributed by atoms with Gasteiger partial charge in [0.25, 0.3) is 0 Å². The maximum atomic E-state index is 12.0. The summed E-state index contributed by atoms with van der Waals surface area (Å²) in [6.45, 7) is 3.81. The van der Waals surface area contributed by atoms with Crippen molar-refractivity contribution in [3.05, 3.63) is 35.5 Å². The Morgan fingerprint density at radius 1 is 1.24 bits per heavy atom. The third kappa shape index (κ3) is 4.95. The minimum atomic E-state index is -1.16. The number of carboxylic acids is 1. The van der Waals surface area contributed by atoms with E-state index < -0.39 is 5.97 Å². The summed E-state index contributed by atoms with van der Waals surface area (Å²) >= 11 is 0. The Bertz CT molecular complexity index is 516. The number of carbonyl (C=O) groups is 2. The van der Waals surface area contributed by atoms with Crippen LogP contribution in [0.3, 0.4) is 0 Å². The summed E-state index contributed by atoms with van der Waals surface area (Å²) in [4.78, 5) is 23.2. The molecule has 0 saturated heterocycles. The van der Waals surface area contributed by atoms with Crippen molar-refractivity contribution in [3.8, 4) is 5.75 Å². The first-order valence-electron chi connectivity index (χ1n) is 6.91. The molecule has 0 aliphatic heterocycles. The first kappa shape index (κ1) is 16.8. The van der Waals surface area contributed by atoms with Crippen LogP contribution in [0.4, 0.5) is 0 Å². The van der Waals surface area contributed by atoms with E-state index >= 15 is 0 Å². The van der Waals surface area contributed by atoms with E-state index in [-0.39, 0.29) is 17.5 Å². The van der Waals surface area contributed by atoms with Gasteiger partial charge in [-0.1, -0.05) is 26.0 Å². The maximum Gasteiger partial charge on any atom is 0.352 e. The van der Waals surface area contributed by atoms with Crippen LogP contribution >= 0.6 is 0 Å². The molecule has 0 fully saturated rings. The molecule has 0 unspecified atom stereocenters. The molecule has 0 aromatic heterocycles. The third-order valence-corrected chi connectivity index (χ3v) is 3.27. The normalized spacial score (nSPS) is 11.3. The fourth-order valence-corrected chi connectivity index (χ4v) is 1.91. The fraction of sp³-hybridized carbons (Fsp3) is 0.375. The molecule has 1 rings (SSSR count). The van der Waals surface area contributed by atoms with Crippen molar-refractivity contribution in [1.82, 2.24) is 5.32 Å². The number of methoxy groups -OCH3 is 1. The molecule has 0 spiro atoms. The fourth-order valence-electron chi connectivity index (χ4n) is 1.91. The van der Waals surface area contributed by atoms with E-state index in [1.165, 1.54) is 6.08 Å². The molecule has 0 aliphatic rings. The lowest BCUT2D eigenvalue weighted by atomic mass is 10.0. The van der Waals surface area contributed by atoms with Gasteiger partial charge in [-0.05, 0) is 36.6 Å². The number of hydrogen-bond donors (Lipinski definition) is 2. The van der Waals surface area contributed by atoms with Gasteiger partial charge in [-0.25, -0.2) is 4.79 Å². The van der Waals surface area contributed by atoms with Crippen LogP contribution in [0.1, 0.15) is 32.3 Å². The van der Waals surface area contributed by atoms with Crippen LogP contribution in [0, 0.1) is 5.92 Å². The molecular weight excluding hydrogens is 270 g/mol. The highest BCUT2D eigenvalue weighted by atomic mass is 16.5. The van der Waals surface area contributed by atoms with Gasteiger partial charge in [0.2, 0.25) is 5.91 Å². The predicted octanol–water partition coefficient (Wildman–Crippen LogP) is 2.67. The van der Waals surface area contributed by atoms with Gasteiger partial charge in [0.05, 0.1) is 7.11 Å². The second kappa shape index (κ2) is 8.09.